The summed E-state index contributed by atoms with van der Waals surface area (Å²) in [7, 11) is -3.45. The number of anilines is 1. The predicted octanol–water partition coefficient (Wildman–Crippen LogP) is 3.29. The highest BCUT2D eigenvalue weighted by molar-refractivity contribution is 7.92. The molecule has 2 N–H and O–H groups in total. The maximum absolute atomic E-state index is 13.0. The van der Waals surface area contributed by atoms with Crippen LogP contribution in [0.5, 0.6) is 0 Å². The minimum Gasteiger partial charge on any atom is -0.350 e. The molecule has 156 valence electrons. The van der Waals surface area contributed by atoms with Crippen LogP contribution in [0.4, 0.5) is 5.69 Å². The number of aryl methyl sites for hydroxylation is 1. The third-order valence-electron chi connectivity index (χ3n) is 6.10. The monoisotopic (exact) mass is 407 g/mol. The average Bonchev–Trinajstić information content (AvgIpc) is 2.68. The minimum absolute atomic E-state index is 0.0442. The molecule has 1 aliphatic heterocycles. The Morgan fingerprint density at radius 2 is 1.71 bits per heavy atom. The number of hydrogen-bond donors (Lipinski definition) is 2. The molecule has 0 bridgehead atoms. The fraction of sp³-hybridized carbons (Fsp3) is 0.667. The lowest BCUT2D eigenvalue weighted by atomic mass is 9.79. The van der Waals surface area contributed by atoms with Crippen LogP contribution in [-0.4, -0.2) is 50.7 Å². The molecule has 1 heterocycles. The van der Waals surface area contributed by atoms with Crippen LogP contribution in [0.25, 0.3) is 0 Å². The molecule has 1 aliphatic carbocycles. The summed E-state index contributed by atoms with van der Waals surface area (Å²) in [5.74, 6) is -0.211. The average molecular weight is 408 g/mol. The van der Waals surface area contributed by atoms with Crippen molar-refractivity contribution in [1.29, 1.82) is 0 Å². The summed E-state index contributed by atoms with van der Waals surface area (Å²) in [6, 6.07) is 5.21. The first-order chi connectivity index (χ1) is 13.3. The second-order valence-corrected chi connectivity index (χ2v) is 10.2. The van der Waals surface area contributed by atoms with Gasteiger partial charge in [0.1, 0.15) is 0 Å². The zero-order chi connectivity index (χ0) is 20.2. The SMILES string of the molecule is Cc1ccc(NS(C)(=O)=O)c(C(=O)NCC2(N3CCCCC3)CCCCC2)c1. The fourth-order valence-electron chi connectivity index (χ4n) is 4.66. The lowest BCUT2D eigenvalue weighted by molar-refractivity contribution is 0.0327. The quantitative estimate of drug-likeness (QED) is 0.758. The normalized spacial score (nSPS) is 20.5. The van der Waals surface area contributed by atoms with E-state index in [0.29, 0.717) is 17.8 Å². The van der Waals surface area contributed by atoms with Gasteiger partial charge in [-0.05, 0) is 57.8 Å². The van der Waals surface area contributed by atoms with Crippen molar-refractivity contribution in [2.45, 2.75) is 63.8 Å². The van der Waals surface area contributed by atoms with E-state index >= 15 is 0 Å². The molecule has 0 spiro atoms. The van der Waals surface area contributed by atoms with Crippen molar-refractivity contribution < 1.29 is 13.2 Å². The lowest BCUT2D eigenvalue weighted by Gasteiger charge is -2.48. The van der Waals surface area contributed by atoms with Gasteiger partial charge < -0.3 is 5.32 Å². The van der Waals surface area contributed by atoms with Gasteiger partial charge in [0, 0.05) is 12.1 Å². The van der Waals surface area contributed by atoms with Crippen molar-refractivity contribution >= 4 is 21.6 Å². The number of piperidine rings is 1. The zero-order valence-electron chi connectivity index (χ0n) is 17.1. The summed E-state index contributed by atoms with van der Waals surface area (Å²) in [6.45, 7) is 4.75. The van der Waals surface area contributed by atoms with E-state index in [2.05, 4.69) is 14.9 Å². The standard InChI is InChI=1S/C21H33N3O3S/c1-17-9-10-19(23-28(2,26)27)18(15-17)20(25)22-16-21(11-5-3-6-12-21)24-13-7-4-8-14-24/h9-10,15,23H,3-8,11-14,16H2,1-2H3,(H,22,25). The largest absolute Gasteiger partial charge is 0.350 e. The molecule has 0 unspecified atom stereocenters. The topological polar surface area (TPSA) is 78.5 Å². The molecule has 1 saturated carbocycles. The highest BCUT2D eigenvalue weighted by Gasteiger charge is 2.38. The number of nitrogens with zero attached hydrogens (tertiary/aromatic N) is 1. The van der Waals surface area contributed by atoms with Gasteiger partial charge in [-0.25, -0.2) is 8.42 Å². The summed E-state index contributed by atoms with van der Waals surface area (Å²) >= 11 is 0. The third-order valence-corrected chi connectivity index (χ3v) is 6.69. The maximum atomic E-state index is 13.0. The Morgan fingerprint density at radius 1 is 1.07 bits per heavy atom. The van der Waals surface area contributed by atoms with Gasteiger partial charge in [-0.2, -0.15) is 0 Å². The molecule has 1 aromatic carbocycles. The van der Waals surface area contributed by atoms with Gasteiger partial charge in [0.2, 0.25) is 10.0 Å². The maximum Gasteiger partial charge on any atom is 0.253 e. The first-order valence-electron chi connectivity index (χ1n) is 10.4. The molecule has 6 nitrogen and oxygen atoms in total. The van der Waals surface area contributed by atoms with Crippen molar-refractivity contribution in [2.24, 2.45) is 0 Å². The van der Waals surface area contributed by atoms with E-state index in [9.17, 15) is 13.2 Å². The van der Waals surface area contributed by atoms with Gasteiger partial charge in [-0.15, -0.1) is 0 Å². The zero-order valence-corrected chi connectivity index (χ0v) is 17.9. The van der Waals surface area contributed by atoms with Gasteiger partial charge in [0.25, 0.3) is 5.91 Å². The summed E-state index contributed by atoms with van der Waals surface area (Å²) in [4.78, 5) is 15.6. The number of amides is 1. The van der Waals surface area contributed by atoms with Crippen molar-refractivity contribution in [3.63, 3.8) is 0 Å². The second kappa shape index (κ2) is 8.82. The highest BCUT2D eigenvalue weighted by atomic mass is 32.2. The Labute approximate surface area is 169 Å². The molecular weight excluding hydrogens is 374 g/mol. The summed E-state index contributed by atoms with van der Waals surface area (Å²) < 4.78 is 25.8. The van der Waals surface area contributed by atoms with E-state index < -0.39 is 10.0 Å². The molecule has 0 radical (unpaired) electrons. The number of likely N-dealkylation sites (tertiary alicyclic amines) is 1. The summed E-state index contributed by atoms with van der Waals surface area (Å²) in [5, 5.41) is 3.14. The van der Waals surface area contributed by atoms with Crippen LogP contribution >= 0.6 is 0 Å². The van der Waals surface area contributed by atoms with Crippen molar-refractivity contribution in [3.05, 3.63) is 29.3 Å². The molecule has 2 fully saturated rings. The smallest absolute Gasteiger partial charge is 0.253 e. The van der Waals surface area contributed by atoms with E-state index in [1.165, 1.54) is 38.5 Å². The molecule has 1 aromatic rings. The van der Waals surface area contributed by atoms with Crippen molar-refractivity contribution in [1.82, 2.24) is 10.2 Å². The molecule has 3 rings (SSSR count). The number of carbonyl (C=O) groups excluding carboxylic acids is 1. The Morgan fingerprint density at radius 3 is 2.36 bits per heavy atom. The Bertz CT molecular complexity index is 795. The van der Waals surface area contributed by atoms with Crippen LogP contribution in [0.2, 0.25) is 0 Å². The first kappa shape index (κ1) is 21.1. The van der Waals surface area contributed by atoms with Crippen LogP contribution < -0.4 is 10.0 Å². The first-order valence-corrected chi connectivity index (χ1v) is 12.3. The molecule has 2 aliphatic rings. The van der Waals surface area contributed by atoms with Crippen LogP contribution in [-0.2, 0) is 10.0 Å². The fourth-order valence-corrected chi connectivity index (χ4v) is 5.24. The Balaban J connectivity index is 1.77. The van der Waals surface area contributed by atoms with E-state index in [1.807, 2.05) is 6.92 Å². The molecular formula is C21H33N3O3S. The van der Waals surface area contributed by atoms with Crippen molar-refractivity contribution in [2.75, 3.05) is 30.6 Å². The summed E-state index contributed by atoms with van der Waals surface area (Å²) in [5.41, 5.74) is 1.69. The van der Waals surface area contributed by atoms with E-state index in [0.717, 1.165) is 37.8 Å². The third kappa shape index (κ3) is 5.26. The van der Waals surface area contributed by atoms with Gasteiger partial charge in [0.15, 0.2) is 0 Å². The van der Waals surface area contributed by atoms with Crippen LogP contribution in [0.3, 0.4) is 0 Å². The molecule has 0 aromatic heterocycles. The molecule has 1 saturated heterocycles. The van der Waals surface area contributed by atoms with Gasteiger partial charge in [-0.3, -0.25) is 14.4 Å². The van der Waals surface area contributed by atoms with E-state index in [4.69, 9.17) is 0 Å². The molecule has 1 amide bonds. The Kier molecular flexibility index (Phi) is 6.65. The number of carbonyl (C=O) groups is 1. The van der Waals surface area contributed by atoms with Crippen molar-refractivity contribution in [3.8, 4) is 0 Å². The number of hydrogen-bond acceptors (Lipinski definition) is 4. The number of sulfonamides is 1. The second-order valence-electron chi connectivity index (χ2n) is 8.44. The van der Waals surface area contributed by atoms with E-state index in [-0.39, 0.29) is 11.4 Å². The molecule has 0 atom stereocenters. The number of rotatable bonds is 6. The van der Waals surface area contributed by atoms with Gasteiger partial charge >= 0.3 is 0 Å². The molecule has 28 heavy (non-hydrogen) atoms. The predicted molar refractivity (Wildman–Crippen MR) is 113 cm³/mol. The van der Waals surface area contributed by atoms with Crippen LogP contribution in [0, 0.1) is 6.92 Å². The lowest BCUT2D eigenvalue weighted by Crippen LogP contribution is -2.58. The van der Waals surface area contributed by atoms with Gasteiger partial charge in [0.05, 0.1) is 17.5 Å². The number of benzene rings is 1. The highest BCUT2D eigenvalue weighted by Crippen LogP contribution is 2.35. The van der Waals surface area contributed by atoms with Crippen LogP contribution in [0.15, 0.2) is 18.2 Å². The Hall–Kier alpha value is -1.60. The molecule has 7 heteroatoms. The summed E-state index contributed by atoms with van der Waals surface area (Å²) in [6.07, 6.45) is 10.8. The van der Waals surface area contributed by atoms with Gasteiger partial charge in [-0.1, -0.05) is 37.3 Å². The van der Waals surface area contributed by atoms with Crippen LogP contribution in [0.1, 0.15) is 67.3 Å². The number of nitrogens with one attached hydrogen (secondary N) is 2. The minimum atomic E-state index is -3.45. The van der Waals surface area contributed by atoms with E-state index in [1.54, 1.807) is 18.2 Å².